The monoisotopic (exact) mass is 339 g/mol. The number of hydrogen-bond donors (Lipinski definition) is 0. The minimum atomic E-state index is -0.261. The zero-order valence-electron chi connectivity index (χ0n) is 15.3. The summed E-state index contributed by atoms with van der Waals surface area (Å²) in [5.74, 6) is 1.46. The van der Waals surface area contributed by atoms with E-state index in [0.717, 1.165) is 11.1 Å². The van der Waals surface area contributed by atoms with Crippen LogP contribution >= 0.6 is 0 Å². The maximum Gasteiger partial charge on any atom is 0.330 e. The lowest BCUT2D eigenvalue weighted by atomic mass is 9.75. The molecule has 0 saturated carbocycles. The van der Waals surface area contributed by atoms with Gasteiger partial charge in [0.05, 0.1) is 6.61 Å². The lowest BCUT2D eigenvalue weighted by Crippen LogP contribution is -2.15. The van der Waals surface area contributed by atoms with Crippen molar-refractivity contribution in [2.45, 2.75) is 58.3 Å². The molecule has 1 aromatic carbocycles. The van der Waals surface area contributed by atoms with E-state index < -0.39 is 0 Å². The fourth-order valence-electron chi connectivity index (χ4n) is 5.02. The van der Waals surface area contributed by atoms with E-state index in [1.165, 1.54) is 35.1 Å². The van der Waals surface area contributed by atoms with Gasteiger partial charge in [0.1, 0.15) is 5.52 Å². The zero-order valence-corrected chi connectivity index (χ0v) is 15.3. The molecule has 1 aromatic heterocycles. The summed E-state index contributed by atoms with van der Waals surface area (Å²) in [4.78, 5) is 16.3. The average molecular weight is 339 g/mol. The molecule has 0 fully saturated rings. The number of esters is 1. The van der Waals surface area contributed by atoms with Gasteiger partial charge >= 0.3 is 5.97 Å². The zero-order chi connectivity index (χ0) is 17.7. The van der Waals surface area contributed by atoms with Crippen LogP contribution in [0.15, 0.2) is 23.0 Å². The first-order valence-corrected chi connectivity index (χ1v) is 9.28. The summed E-state index contributed by atoms with van der Waals surface area (Å²) < 4.78 is 10.9. The number of nitrogens with zero attached hydrogens (tertiary/aromatic N) is 1. The Morgan fingerprint density at radius 3 is 2.88 bits per heavy atom. The van der Waals surface area contributed by atoms with Crippen LogP contribution in [-0.4, -0.2) is 17.6 Å². The van der Waals surface area contributed by atoms with Gasteiger partial charge in [0.15, 0.2) is 12.0 Å². The van der Waals surface area contributed by atoms with E-state index in [2.05, 4.69) is 25.8 Å². The van der Waals surface area contributed by atoms with Crippen LogP contribution in [0.4, 0.5) is 0 Å². The van der Waals surface area contributed by atoms with Gasteiger partial charge < -0.3 is 9.15 Å². The Balaban J connectivity index is 1.90. The fourth-order valence-corrected chi connectivity index (χ4v) is 5.02. The molecule has 2 aromatic rings. The lowest BCUT2D eigenvalue weighted by molar-refractivity contribution is -0.137. The number of hydrogen-bond acceptors (Lipinski definition) is 4. The Labute approximate surface area is 148 Å². The molecule has 4 rings (SSSR count). The standard InChI is InChI=1S/C21H25NO3/c1-5-24-16(23)9-8-14-12(3)15-7-6-11(2)17-19(15)18(14)13(4)20-21(17)25-10-22-20/h8-12,14-15H,5-7H2,1-4H3/b9-8+/t11-,12-,14-,15?/m0/s1. The summed E-state index contributed by atoms with van der Waals surface area (Å²) in [6.45, 7) is 8.97. The Morgan fingerprint density at radius 1 is 1.32 bits per heavy atom. The molecule has 0 N–H and O–H groups in total. The molecule has 0 saturated heterocycles. The third kappa shape index (κ3) is 2.34. The maximum atomic E-state index is 11.8. The first-order chi connectivity index (χ1) is 12.0. The molecule has 25 heavy (non-hydrogen) atoms. The van der Waals surface area contributed by atoms with Crippen molar-refractivity contribution >= 4 is 17.1 Å². The quantitative estimate of drug-likeness (QED) is 0.585. The molecular formula is C21H25NO3. The van der Waals surface area contributed by atoms with Crippen LogP contribution in [0.3, 0.4) is 0 Å². The third-order valence-electron chi connectivity index (χ3n) is 6.19. The number of carbonyl (C=O) groups excluding carboxylic acids is 1. The van der Waals surface area contributed by atoms with Crippen LogP contribution in [0, 0.1) is 12.8 Å². The van der Waals surface area contributed by atoms with Gasteiger partial charge in [-0.25, -0.2) is 9.78 Å². The molecule has 2 aliphatic carbocycles. The van der Waals surface area contributed by atoms with Gasteiger partial charge in [-0.15, -0.1) is 0 Å². The maximum absolute atomic E-state index is 11.8. The molecule has 0 radical (unpaired) electrons. The summed E-state index contributed by atoms with van der Waals surface area (Å²) in [5, 5.41) is 0. The van der Waals surface area contributed by atoms with Crippen molar-refractivity contribution in [1.82, 2.24) is 4.98 Å². The van der Waals surface area contributed by atoms with Crippen molar-refractivity contribution in [2.24, 2.45) is 5.92 Å². The molecule has 4 heteroatoms. The Kier molecular flexibility index (Phi) is 3.94. The largest absolute Gasteiger partial charge is 0.463 e. The first kappa shape index (κ1) is 16.4. The molecule has 4 nitrogen and oxygen atoms in total. The molecular weight excluding hydrogens is 314 g/mol. The topological polar surface area (TPSA) is 52.3 Å². The number of carbonyl (C=O) groups is 1. The summed E-state index contributed by atoms with van der Waals surface area (Å²) in [6.07, 6.45) is 7.58. The summed E-state index contributed by atoms with van der Waals surface area (Å²) in [7, 11) is 0. The molecule has 0 amide bonds. The molecule has 132 valence electrons. The van der Waals surface area contributed by atoms with Gasteiger partial charge in [0.2, 0.25) is 0 Å². The van der Waals surface area contributed by atoms with Gasteiger partial charge in [0, 0.05) is 17.6 Å². The van der Waals surface area contributed by atoms with Crippen LogP contribution in [-0.2, 0) is 9.53 Å². The van der Waals surface area contributed by atoms with E-state index in [4.69, 9.17) is 9.15 Å². The van der Waals surface area contributed by atoms with E-state index in [0.29, 0.717) is 24.4 Å². The van der Waals surface area contributed by atoms with E-state index >= 15 is 0 Å². The summed E-state index contributed by atoms with van der Waals surface area (Å²) >= 11 is 0. The van der Waals surface area contributed by atoms with Crippen molar-refractivity contribution < 1.29 is 13.9 Å². The van der Waals surface area contributed by atoms with Crippen molar-refractivity contribution in [1.29, 1.82) is 0 Å². The number of benzene rings is 1. The van der Waals surface area contributed by atoms with Crippen molar-refractivity contribution in [3.63, 3.8) is 0 Å². The average Bonchev–Trinajstić information content (AvgIpc) is 3.16. The summed E-state index contributed by atoms with van der Waals surface area (Å²) in [5.41, 5.74) is 7.32. The Morgan fingerprint density at radius 2 is 2.12 bits per heavy atom. The third-order valence-corrected chi connectivity index (χ3v) is 6.19. The van der Waals surface area contributed by atoms with Gasteiger partial charge in [0.25, 0.3) is 0 Å². The second-order valence-electron chi connectivity index (χ2n) is 7.48. The van der Waals surface area contributed by atoms with E-state index in [9.17, 15) is 4.79 Å². The first-order valence-electron chi connectivity index (χ1n) is 9.28. The minimum absolute atomic E-state index is 0.231. The highest BCUT2D eigenvalue weighted by Crippen LogP contribution is 2.57. The molecule has 0 bridgehead atoms. The van der Waals surface area contributed by atoms with Crippen LogP contribution in [0.1, 0.15) is 73.6 Å². The van der Waals surface area contributed by atoms with E-state index in [1.807, 2.05) is 13.0 Å². The molecule has 1 heterocycles. The van der Waals surface area contributed by atoms with Crippen molar-refractivity contribution in [2.75, 3.05) is 6.61 Å². The highest BCUT2D eigenvalue weighted by atomic mass is 16.5. The van der Waals surface area contributed by atoms with Crippen molar-refractivity contribution in [3.05, 3.63) is 40.8 Å². The number of rotatable bonds is 3. The number of aromatic nitrogens is 1. The lowest BCUT2D eigenvalue weighted by Gasteiger charge is -2.29. The number of ether oxygens (including phenoxy) is 1. The SMILES string of the molecule is CCOC(=O)/C=C/[C@@H]1c2c3c(c4ocnc4c2C)[C@@H](C)CCC3[C@H]1C. The Bertz CT molecular complexity index is 864. The number of allylic oxidation sites excluding steroid dienone is 1. The van der Waals surface area contributed by atoms with Crippen LogP contribution in [0.5, 0.6) is 0 Å². The number of oxazole rings is 1. The summed E-state index contributed by atoms with van der Waals surface area (Å²) in [6, 6.07) is 0. The minimum Gasteiger partial charge on any atom is -0.463 e. The second-order valence-corrected chi connectivity index (χ2v) is 7.48. The number of aryl methyl sites for hydroxylation is 1. The molecule has 4 atom stereocenters. The molecule has 1 unspecified atom stereocenters. The predicted octanol–water partition coefficient (Wildman–Crippen LogP) is 4.97. The highest BCUT2D eigenvalue weighted by Gasteiger charge is 2.44. The van der Waals surface area contributed by atoms with Gasteiger partial charge in [-0.2, -0.15) is 0 Å². The van der Waals surface area contributed by atoms with E-state index in [1.54, 1.807) is 12.5 Å². The fraction of sp³-hybridized carbons (Fsp3) is 0.524. The highest BCUT2D eigenvalue weighted by molar-refractivity contribution is 5.86. The van der Waals surface area contributed by atoms with Gasteiger partial charge in [-0.3, -0.25) is 0 Å². The normalized spacial score (nSPS) is 27.8. The molecule has 2 aliphatic rings. The van der Waals surface area contributed by atoms with Crippen molar-refractivity contribution in [3.8, 4) is 0 Å². The van der Waals surface area contributed by atoms with Gasteiger partial charge in [-0.05, 0) is 61.1 Å². The van der Waals surface area contributed by atoms with Crippen LogP contribution in [0.2, 0.25) is 0 Å². The number of fused-ring (bicyclic) bond motifs is 2. The van der Waals surface area contributed by atoms with Crippen LogP contribution < -0.4 is 0 Å². The van der Waals surface area contributed by atoms with Crippen LogP contribution in [0.25, 0.3) is 11.1 Å². The molecule has 0 aliphatic heterocycles. The van der Waals surface area contributed by atoms with E-state index in [-0.39, 0.29) is 11.9 Å². The smallest absolute Gasteiger partial charge is 0.330 e. The van der Waals surface area contributed by atoms with Gasteiger partial charge in [-0.1, -0.05) is 19.9 Å². The molecule has 0 spiro atoms. The second kappa shape index (κ2) is 6.01. The Hall–Kier alpha value is -2.10. The predicted molar refractivity (Wildman–Crippen MR) is 96.8 cm³/mol.